The summed E-state index contributed by atoms with van der Waals surface area (Å²) >= 11 is 0. The van der Waals surface area contributed by atoms with Gasteiger partial charge in [0.05, 0.1) is 12.5 Å². The molecular weight excluding hydrogens is 156 g/mol. The molecule has 0 radical (unpaired) electrons. The molecule has 5 nitrogen and oxygen atoms in total. The van der Waals surface area contributed by atoms with Gasteiger partial charge in [0, 0.05) is 13.1 Å². The zero-order valence-electron chi connectivity index (χ0n) is 6.58. The summed E-state index contributed by atoms with van der Waals surface area (Å²) in [6, 6.07) is 0. The first kappa shape index (κ1) is 7.30. The Hall–Kier alpha value is -1.36. The first-order chi connectivity index (χ1) is 5.86. The van der Waals surface area contributed by atoms with Crippen molar-refractivity contribution in [2.24, 2.45) is 0 Å². The van der Waals surface area contributed by atoms with E-state index >= 15 is 0 Å². The number of amides is 1. The van der Waals surface area contributed by atoms with E-state index in [1.165, 1.54) is 12.5 Å². The molecule has 0 unspecified atom stereocenters. The maximum atomic E-state index is 11.3. The van der Waals surface area contributed by atoms with Crippen molar-refractivity contribution in [3.05, 3.63) is 18.2 Å². The summed E-state index contributed by atoms with van der Waals surface area (Å²) in [4.78, 5) is 17.8. The van der Waals surface area contributed by atoms with E-state index in [2.05, 4.69) is 15.4 Å². The van der Waals surface area contributed by atoms with Crippen LogP contribution < -0.4 is 5.43 Å². The molecule has 0 aromatic carbocycles. The van der Waals surface area contributed by atoms with Crippen LogP contribution in [0.15, 0.2) is 12.5 Å². The summed E-state index contributed by atoms with van der Waals surface area (Å²) in [5.41, 5.74) is 3.24. The van der Waals surface area contributed by atoms with Gasteiger partial charge in [0.25, 0.3) is 5.91 Å². The predicted molar refractivity (Wildman–Crippen MR) is 42.2 cm³/mol. The van der Waals surface area contributed by atoms with Gasteiger partial charge in [-0.25, -0.2) is 9.99 Å². The van der Waals surface area contributed by atoms with Crippen LogP contribution in [0.3, 0.4) is 0 Å². The number of hydrazine groups is 1. The van der Waals surface area contributed by atoms with E-state index in [0.29, 0.717) is 5.69 Å². The summed E-state index contributed by atoms with van der Waals surface area (Å²) in [7, 11) is 0. The average Bonchev–Trinajstić information content (AvgIpc) is 2.47. The molecule has 1 aliphatic rings. The van der Waals surface area contributed by atoms with Gasteiger partial charge >= 0.3 is 0 Å². The lowest BCUT2D eigenvalue weighted by molar-refractivity contribution is 0.0638. The van der Waals surface area contributed by atoms with E-state index in [-0.39, 0.29) is 5.91 Å². The zero-order chi connectivity index (χ0) is 8.39. The number of H-pyrrole nitrogens is 1. The molecule has 1 aliphatic heterocycles. The first-order valence-corrected chi connectivity index (χ1v) is 3.90. The van der Waals surface area contributed by atoms with Crippen LogP contribution in [-0.2, 0) is 0 Å². The summed E-state index contributed by atoms with van der Waals surface area (Å²) in [5, 5.41) is 1.88. The quantitative estimate of drug-likeness (QED) is 0.637. The number of hydrogen-bond acceptors (Lipinski definition) is 3. The monoisotopic (exact) mass is 166 g/mol. The number of carbonyl (C=O) groups is 1. The van der Waals surface area contributed by atoms with Crippen LogP contribution in [0, 0.1) is 0 Å². The Balaban J connectivity index is 1.92. The average molecular weight is 166 g/mol. The molecular formula is C7H10N4O. The fraction of sp³-hybridized carbons (Fsp3) is 0.429. The zero-order valence-corrected chi connectivity index (χ0v) is 6.58. The topological polar surface area (TPSA) is 61.0 Å². The molecule has 5 heteroatoms. The lowest BCUT2D eigenvalue weighted by Crippen LogP contribution is -2.50. The standard InChI is InChI=1S/C7H10N4O/c12-7(6-4-8-5-9-6)10-11-2-1-3-11/h4-5H,1-3H2,(H,8,9)(H,10,12). The van der Waals surface area contributed by atoms with Crippen molar-refractivity contribution < 1.29 is 4.79 Å². The van der Waals surface area contributed by atoms with Gasteiger partial charge in [-0.05, 0) is 6.42 Å². The minimum absolute atomic E-state index is 0.118. The molecule has 2 heterocycles. The second-order valence-corrected chi connectivity index (χ2v) is 2.75. The highest BCUT2D eigenvalue weighted by atomic mass is 16.2. The second kappa shape index (κ2) is 2.94. The van der Waals surface area contributed by atoms with E-state index in [1.807, 2.05) is 5.01 Å². The number of hydrogen-bond donors (Lipinski definition) is 2. The molecule has 1 saturated heterocycles. The van der Waals surface area contributed by atoms with E-state index < -0.39 is 0 Å². The van der Waals surface area contributed by atoms with Gasteiger partial charge in [-0.15, -0.1) is 0 Å². The Labute approximate surface area is 69.8 Å². The van der Waals surface area contributed by atoms with Gasteiger partial charge in [0.2, 0.25) is 0 Å². The largest absolute Gasteiger partial charge is 0.341 e. The van der Waals surface area contributed by atoms with Crippen molar-refractivity contribution >= 4 is 5.91 Å². The number of carbonyl (C=O) groups excluding carboxylic acids is 1. The third kappa shape index (κ3) is 1.31. The number of imidazole rings is 1. The summed E-state index contributed by atoms with van der Waals surface area (Å²) < 4.78 is 0. The fourth-order valence-corrected chi connectivity index (χ4v) is 1.01. The Bertz CT molecular complexity index is 265. The lowest BCUT2D eigenvalue weighted by Gasteiger charge is -2.30. The second-order valence-electron chi connectivity index (χ2n) is 2.75. The maximum Gasteiger partial charge on any atom is 0.283 e. The minimum Gasteiger partial charge on any atom is -0.341 e. The molecule has 2 rings (SSSR count). The van der Waals surface area contributed by atoms with Gasteiger partial charge in [-0.3, -0.25) is 10.2 Å². The molecule has 1 aromatic heterocycles. The van der Waals surface area contributed by atoms with Gasteiger partial charge in [-0.2, -0.15) is 0 Å². The van der Waals surface area contributed by atoms with Crippen molar-refractivity contribution in [2.45, 2.75) is 6.42 Å². The molecule has 1 amide bonds. The molecule has 2 N–H and O–H groups in total. The third-order valence-electron chi connectivity index (χ3n) is 1.86. The van der Waals surface area contributed by atoms with Gasteiger partial charge < -0.3 is 4.98 Å². The molecule has 0 spiro atoms. The summed E-state index contributed by atoms with van der Waals surface area (Å²) in [5.74, 6) is -0.118. The highest BCUT2D eigenvalue weighted by Crippen LogP contribution is 2.01. The number of nitrogens with zero attached hydrogens (tertiary/aromatic N) is 2. The highest BCUT2D eigenvalue weighted by Gasteiger charge is 2.17. The SMILES string of the molecule is O=C(NN1CCC1)c1cnc[nH]1. The normalized spacial score (nSPS) is 17.0. The highest BCUT2D eigenvalue weighted by molar-refractivity contribution is 5.91. The minimum atomic E-state index is -0.118. The van der Waals surface area contributed by atoms with Gasteiger partial charge in [-0.1, -0.05) is 0 Å². The Morgan fingerprint density at radius 2 is 2.50 bits per heavy atom. The molecule has 0 bridgehead atoms. The molecule has 1 aromatic rings. The number of aromatic nitrogens is 2. The molecule has 0 atom stereocenters. The number of nitrogens with one attached hydrogen (secondary N) is 2. The molecule has 0 saturated carbocycles. The van der Waals surface area contributed by atoms with Crippen LogP contribution in [-0.4, -0.2) is 34.0 Å². The van der Waals surface area contributed by atoms with Crippen LogP contribution >= 0.6 is 0 Å². The maximum absolute atomic E-state index is 11.3. The molecule has 1 fully saturated rings. The van der Waals surface area contributed by atoms with Crippen LogP contribution in [0.2, 0.25) is 0 Å². The van der Waals surface area contributed by atoms with Crippen LogP contribution in [0.5, 0.6) is 0 Å². The van der Waals surface area contributed by atoms with Gasteiger partial charge in [0.1, 0.15) is 5.69 Å². The van der Waals surface area contributed by atoms with Crippen LogP contribution in [0.4, 0.5) is 0 Å². The van der Waals surface area contributed by atoms with Crippen molar-refractivity contribution in [1.29, 1.82) is 0 Å². The fourth-order valence-electron chi connectivity index (χ4n) is 1.01. The third-order valence-corrected chi connectivity index (χ3v) is 1.86. The van der Waals surface area contributed by atoms with Crippen molar-refractivity contribution in [3.63, 3.8) is 0 Å². The number of aromatic amines is 1. The van der Waals surface area contributed by atoms with Crippen LogP contribution in [0.1, 0.15) is 16.9 Å². The summed E-state index contributed by atoms with van der Waals surface area (Å²) in [6.45, 7) is 1.89. The Morgan fingerprint density at radius 3 is 3.00 bits per heavy atom. The van der Waals surface area contributed by atoms with E-state index in [0.717, 1.165) is 19.5 Å². The van der Waals surface area contributed by atoms with Crippen LogP contribution in [0.25, 0.3) is 0 Å². The van der Waals surface area contributed by atoms with Crippen molar-refractivity contribution in [2.75, 3.05) is 13.1 Å². The summed E-state index contributed by atoms with van der Waals surface area (Å²) in [6.07, 6.45) is 4.16. The Morgan fingerprint density at radius 1 is 1.67 bits per heavy atom. The smallest absolute Gasteiger partial charge is 0.283 e. The molecule has 0 aliphatic carbocycles. The van der Waals surface area contributed by atoms with Crippen molar-refractivity contribution in [3.8, 4) is 0 Å². The van der Waals surface area contributed by atoms with E-state index in [4.69, 9.17) is 0 Å². The Kier molecular flexibility index (Phi) is 1.79. The van der Waals surface area contributed by atoms with E-state index in [1.54, 1.807) is 0 Å². The van der Waals surface area contributed by atoms with Crippen molar-refractivity contribution in [1.82, 2.24) is 20.4 Å². The molecule has 12 heavy (non-hydrogen) atoms. The van der Waals surface area contributed by atoms with Gasteiger partial charge in [0.15, 0.2) is 0 Å². The first-order valence-electron chi connectivity index (χ1n) is 3.90. The van der Waals surface area contributed by atoms with E-state index in [9.17, 15) is 4.79 Å². The predicted octanol–water partition coefficient (Wildman–Crippen LogP) is -0.240. The molecule has 64 valence electrons. The number of rotatable bonds is 2. The lowest BCUT2D eigenvalue weighted by atomic mass is 10.3.